The van der Waals surface area contributed by atoms with Gasteiger partial charge in [-0.25, -0.2) is 0 Å². The van der Waals surface area contributed by atoms with E-state index in [4.69, 9.17) is 5.73 Å². The van der Waals surface area contributed by atoms with Gasteiger partial charge in [0.25, 0.3) is 0 Å². The molecule has 0 aromatic carbocycles. The number of hydrogen-bond donors (Lipinski definition) is 1. The van der Waals surface area contributed by atoms with Crippen molar-refractivity contribution >= 4 is 0 Å². The van der Waals surface area contributed by atoms with Gasteiger partial charge in [0.1, 0.15) is 0 Å². The van der Waals surface area contributed by atoms with Crippen LogP contribution >= 0.6 is 0 Å². The van der Waals surface area contributed by atoms with Crippen molar-refractivity contribution in [2.45, 2.75) is 58.0 Å². The standard InChI is InChI=1S/C12H26N2/c1-10-5-4-6-12(9-10)14(3)11(2)7-8-13/h10-12H,4-9,13H2,1-3H3. The Kier molecular flexibility index (Phi) is 4.90. The lowest BCUT2D eigenvalue weighted by molar-refractivity contribution is 0.122. The molecule has 3 unspecified atom stereocenters. The van der Waals surface area contributed by atoms with E-state index in [9.17, 15) is 0 Å². The van der Waals surface area contributed by atoms with Crippen LogP contribution in [0, 0.1) is 5.92 Å². The molecule has 2 heteroatoms. The third-order valence-corrected chi connectivity index (χ3v) is 3.76. The molecule has 2 N–H and O–H groups in total. The summed E-state index contributed by atoms with van der Waals surface area (Å²) in [5, 5.41) is 0. The molecule has 0 aliphatic heterocycles. The highest BCUT2D eigenvalue weighted by atomic mass is 15.2. The lowest BCUT2D eigenvalue weighted by atomic mass is 9.86. The lowest BCUT2D eigenvalue weighted by Crippen LogP contribution is -2.41. The molecule has 3 atom stereocenters. The van der Waals surface area contributed by atoms with E-state index in [1.165, 1.54) is 25.7 Å². The summed E-state index contributed by atoms with van der Waals surface area (Å²) in [4.78, 5) is 2.54. The van der Waals surface area contributed by atoms with Crippen LogP contribution in [0.3, 0.4) is 0 Å². The van der Waals surface area contributed by atoms with Crippen molar-refractivity contribution in [3.8, 4) is 0 Å². The van der Waals surface area contributed by atoms with Gasteiger partial charge in [0.15, 0.2) is 0 Å². The van der Waals surface area contributed by atoms with Gasteiger partial charge in [0.2, 0.25) is 0 Å². The SMILES string of the molecule is CC1CCCC(N(C)C(C)CCN)C1. The number of rotatable bonds is 4. The summed E-state index contributed by atoms with van der Waals surface area (Å²) < 4.78 is 0. The summed E-state index contributed by atoms with van der Waals surface area (Å²) in [6.45, 7) is 5.49. The van der Waals surface area contributed by atoms with Crippen molar-refractivity contribution in [3.05, 3.63) is 0 Å². The highest BCUT2D eigenvalue weighted by Gasteiger charge is 2.24. The molecule has 0 saturated heterocycles. The van der Waals surface area contributed by atoms with Gasteiger partial charge in [-0.2, -0.15) is 0 Å². The normalized spacial score (nSPS) is 30.6. The topological polar surface area (TPSA) is 29.3 Å². The number of nitrogens with zero attached hydrogens (tertiary/aromatic N) is 1. The zero-order valence-corrected chi connectivity index (χ0v) is 10.00. The van der Waals surface area contributed by atoms with E-state index in [1.54, 1.807) is 0 Å². The van der Waals surface area contributed by atoms with Crippen LogP contribution in [0.25, 0.3) is 0 Å². The smallest absolute Gasteiger partial charge is 0.00975 e. The minimum absolute atomic E-state index is 0.648. The van der Waals surface area contributed by atoms with Gasteiger partial charge in [-0.15, -0.1) is 0 Å². The summed E-state index contributed by atoms with van der Waals surface area (Å²) in [7, 11) is 2.27. The maximum Gasteiger partial charge on any atom is 0.00975 e. The third kappa shape index (κ3) is 3.25. The predicted molar refractivity (Wildman–Crippen MR) is 62.3 cm³/mol. The van der Waals surface area contributed by atoms with E-state index in [-0.39, 0.29) is 0 Å². The molecule has 0 heterocycles. The van der Waals surface area contributed by atoms with E-state index < -0.39 is 0 Å². The molecule has 1 fully saturated rings. The summed E-state index contributed by atoms with van der Waals surface area (Å²) in [5.74, 6) is 0.918. The van der Waals surface area contributed by atoms with Crippen LogP contribution in [0.1, 0.15) is 46.0 Å². The first-order chi connectivity index (χ1) is 6.65. The van der Waals surface area contributed by atoms with E-state index in [0.29, 0.717) is 6.04 Å². The van der Waals surface area contributed by atoms with Crippen molar-refractivity contribution < 1.29 is 0 Å². The molecule has 0 aromatic heterocycles. The maximum absolute atomic E-state index is 5.60. The van der Waals surface area contributed by atoms with Crippen molar-refractivity contribution in [1.82, 2.24) is 4.90 Å². The molecule has 0 spiro atoms. The van der Waals surface area contributed by atoms with Crippen LogP contribution in [0.15, 0.2) is 0 Å². The van der Waals surface area contributed by atoms with Crippen molar-refractivity contribution in [3.63, 3.8) is 0 Å². The highest BCUT2D eigenvalue weighted by molar-refractivity contribution is 4.79. The van der Waals surface area contributed by atoms with E-state index in [1.807, 2.05) is 0 Å². The van der Waals surface area contributed by atoms with Crippen LogP contribution in [0.2, 0.25) is 0 Å². The molecule has 84 valence electrons. The monoisotopic (exact) mass is 198 g/mol. The largest absolute Gasteiger partial charge is 0.330 e. The maximum atomic E-state index is 5.60. The molecule has 0 aromatic rings. The van der Waals surface area contributed by atoms with Crippen molar-refractivity contribution in [1.29, 1.82) is 0 Å². The Morgan fingerprint density at radius 3 is 2.71 bits per heavy atom. The van der Waals surface area contributed by atoms with Crippen LogP contribution in [0.5, 0.6) is 0 Å². The molecule has 2 nitrogen and oxygen atoms in total. The van der Waals surface area contributed by atoms with E-state index >= 15 is 0 Å². The quantitative estimate of drug-likeness (QED) is 0.750. The fourth-order valence-corrected chi connectivity index (χ4v) is 2.58. The zero-order valence-electron chi connectivity index (χ0n) is 10.00. The lowest BCUT2D eigenvalue weighted by Gasteiger charge is -2.37. The zero-order chi connectivity index (χ0) is 10.6. The van der Waals surface area contributed by atoms with Crippen LogP contribution in [-0.4, -0.2) is 30.6 Å². The molecule has 0 amide bonds. The molecule has 1 saturated carbocycles. The van der Waals surface area contributed by atoms with Crippen LogP contribution < -0.4 is 5.73 Å². The first kappa shape index (κ1) is 12.0. The third-order valence-electron chi connectivity index (χ3n) is 3.76. The average Bonchev–Trinajstić information content (AvgIpc) is 2.17. The Labute approximate surface area is 88.8 Å². The summed E-state index contributed by atoms with van der Waals surface area (Å²) >= 11 is 0. The van der Waals surface area contributed by atoms with E-state index in [0.717, 1.165) is 24.9 Å². The van der Waals surface area contributed by atoms with Gasteiger partial charge < -0.3 is 10.6 Å². The minimum atomic E-state index is 0.648. The Hall–Kier alpha value is -0.0800. The summed E-state index contributed by atoms with van der Waals surface area (Å²) in [6, 6.07) is 1.45. The Morgan fingerprint density at radius 2 is 2.14 bits per heavy atom. The molecule has 1 rings (SSSR count). The van der Waals surface area contributed by atoms with Gasteiger partial charge in [0, 0.05) is 12.1 Å². The minimum Gasteiger partial charge on any atom is -0.330 e. The van der Waals surface area contributed by atoms with Gasteiger partial charge in [-0.05, 0) is 45.7 Å². The second-order valence-electron chi connectivity index (χ2n) is 5.02. The van der Waals surface area contributed by atoms with Gasteiger partial charge >= 0.3 is 0 Å². The second kappa shape index (κ2) is 5.72. The first-order valence-electron chi connectivity index (χ1n) is 6.07. The van der Waals surface area contributed by atoms with Crippen molar-refractivity contribution in [2.24, 2.45) is 11.7 Å². The molecular formula is C12H26N2. The molecule has 0 radical (unpaired) electrons. The van der Waals surface area contributed by atoms with Crippen LogP contribution in [-0.2, 0) is 0 Å². The number of hydrogen-bond acceptors (Lipinski definition) is 2. The fraction of sp³-hybridized carbons (Fsp3) is 1.00. The van der Waals surface area contributed by atoms with Gasteiger partial charge in [-0.3, -0.25) is 0 Å². The molecule has 14 heavy (non-hydrogen) atoms. The summed E-state index contributed by atoms with van der Waals surface area (Å²) in [6.07, 6.45) is 6.73. The highest BCUT2D eigenvalue weighted by Crippen LogP contribution is 2.27. The molecule has 0 bridgehead atoms. The van der Waals surface area contributed by atoms with E-state index in [2.05, 4.69) is 25.8 Å². The fourth-order valence-electron chi connectivity index (χ4n) is 2.58. The second-order valence-corrected chi connectivity index (χ2v) is 5.02. The Balaban J connectivity index is 2.38. The summed E-state index contributed by atoms with van der Waals surface area (Å²) in [5.41, 5.74) is 5.60. The Morgan fingerprint density at radius 1 is 1.43 bits per heavy atom. The molecular weight excluding hydrogens is 172 g/mol. The average molecular weight is 198 g/mol. The predicted octanol–water partition coefficient (Wildman–Crippen LogP) is 2.23. The molecule has 1 aliphatic rings. The van der Waals surface area contributed by atoms with Gasteiger partial charge in [-0.1, -0.05) is 19.8 Å². The van der Waals surface area contributed by atoms with Crippen LogP contribution in [0.4, 0.5) is 0 Å². The Bertz CT molecular complexity index is 158. The van der Waals surface area contributed by atoms with Gasteiger partial charge in [0.05, 0.1) is 0 Å². The molecule has 1 aliphatic carbocycles. The van der Waals surface area contributed by atoms with Crippen molar-refractivity contribution in [2.75, 3.05) is 13.6 Å². The first-order valence-corrected chi connectivity index (χ1v) is 6.07. The number of nitrogens with two attached hydrogens (primary N) is 1.